The van der Waals surface area contributed by atoms with Crippen LogP contribution in [0.4, 0.5) is 0 Å². The molecule has 0 saturated carbocycles. The molecule has 0 aromatic heterocycles. The molecule has 2 rings (SSSR count). The van der Waals surface area contributed by atoms with Gasteiger partial charge in [0, 0.05) is 25.0 Å². The first-order valence-corrected chi connectivity index (χ1v) is 7.08. The van der Waals surface area contributed by atoms with Gasteiger partial charge in [-0.15, -0.1) is 0 Å². The van der Waals surface area contributed by atoms with Crippen molar-refractivity contribution in [3.05, 3.63) is 35.9 Å². The Morgan fingerprint density at radius 2 is 2.00 bits per heavy atom. The van der Waals surface area contributed by atoms with Crippen LogP contribution < -0.4 is 10.6 Å². The molecule has 4 heteroatoms. The molecule has 0 bridgehead atoms. The predicted molar refractivity (Wildman–Crippen MR) is 79.7 cm³/mol. The highest BCUT2D eigenvalue weighted by Crippen LogP contribution is 2.21. The molecule has 110 valence electrons. The van der Waals surface area contributed by atoms with Crippen LogP contribution in [0.1, 0.15) is 26.3 Å². The van der Waals surface area contributed by atoms with E-state index in [1.165, 1.54) is 5.56 Å². The Bertz CT molecular complexity index is 453. The van der Waals surface area contributed by atoms with Crippen LogP contribution in [0, 0.1) is 0 Å². The fraction of sp³-hybridized carbons (Fsp3) is 0.562. The van der Waals surface area contributed by atoms with Gasteiger partial charge < -0.3 is 15.4 Å². The zero-order chi connectivity index (χ0) is 14.6. The fourth-order valence-corrected chi connectivity index (χ4v) is 2.18. The molecule has 1 heterocycles. The van der Waals surface area contributed by atoms with Crippen LogP contribution in [-0.2, 0) is 14.9 Å². The van der Waals surface area contributed by atoms with Gasteiger partial charge in [0.1, 0.15) is 6.61 Å². The van der Waals surface area contributed by atoms with Crippen molar-refractivity contribution in [3.63, 3.8) is 0 Å². The summed E-state index contributed by atoms with van der Waals surface area (Å²) in [5.41, 5.74) is 0.960. The van der Waals surface area contributed by atoms with Crippen LogP contribution in [0.25, 0.3) is 0 Å². The van der Waals surface area contributed by atoms with Gasteiger partial charge in [-0.2, -0.15) is 0 Å². The van der Waals surface area contributed by atoms with Gasteiger partial charge in [-0.1, -0.05) is 44.2 Å². The van der Waals surface area contributed by atoms with Gasteiger partial charge in [-0.25, -0.2) is 0 Å². The third-order valence-electron chi connectivity index (χ3n) is 3.83. The van der Waals surface area contributed by atoms with Crippen LogP contribution >= 0.6 is 0 Å². The van der Waals surface area contributed by atoms with Crippen molar-refractivity contribution in [2.75, 3.05) is 26.2 Å². The van der Waals surface area contributed by atoms with Gasteiger partial charge >= 0.3 is 0 Å². The largest absolute Gasteiger partial charge is 0.363 e. The molecule has 2 N–H and O–H groups in total. The van der Waals surface area contributed by atoms with E-state index >= 15 is 0 Å². The summed E-state index contributed by atoms with van der Waals surface area (Å²) in [4.78, 5) is 11.9. The van der Waals surface area contributed by atoms with Gasteiger partial charge in [0.15, 0.2) is 0 Å². The minimum Gasteiger partial charge on any atom is -0.363 e. The van der Waals surface area contributed by atoms with Crippen molar-refractivity contribution in [2.24, 2.45) is 0 Å². The SMILES string of the molecule is CC1(OCC(=O)NCC(C)(C)c2ccccc2)CNC1. The quantitative estimate of drug-likeness (QED) is 0.827. The number of carbonyl (C=O) groups excluding carboxylic acids is 1. The maximum Gasteiger partial charge on any atom is 0.246 e. The smallest absolute Gasteiger partial charge is 0.246 e. The molecule has 1 aromatic carbocycles. The van der Waals surface area contributed by atoms with Gasteiger partial charge in [0.2, 0.25) is 5.91 Å². The molecular formula is C16H24N2O2. The molecule has 1 aromatic rings. The van der Waals surface area contributed by atoms with Crippen molar-refractivity contribution in [3.8, 4) is 0 Å². The van der Waals surface area contributed by atoms with Crippen molar-refractivity contribution in [2.45, 2.75) is 31.8 Å². The second kappa shape index (κ2) is 5.94. The van der Waals surface area contributed by atoms with E-state index in [9.17, 15) is 4.79 Å². The Morgan fingerprint density at radius 1 is 1.35 bits per heavy atom. The Hall–Kier alpha value is -1.39. The average Bonchev–Trinajstić information content (AvgIpc) is 2.42. The van der Waals surface area contributed by atoms with Crippen LogP contribution in [0.15, 0.2) is 30.3 Å². The third kappa shape index (κ3) is 3.81. The Balaban J connectivity index is 1.77. The van der Waals surface area contributed by atoms with Crippen LogP contribution in [0.5, 0.6) is 0 Å². The molecule has 1 saturated heterocycles. The molecule has 1 aliphatic heterocycles. The number of rotatable bonds is 6. The molecule has 0 radical (unpaired) electrons. The van der Waals surface area contributed by atoms with Crippen molar-refractivity contribution in [1.29, 1.82) is 0 Å². The van der Waals surface area contributed by atoms with E-state index < -0.39 is 0 Å². The number of benzene rings is 1. The van der Waals surface area contributed by atoms with E-state index in [4.69, 9.17) is 4.74 Å². The second-order valence-corrected chi connectivity index (χ2v) is 6.37. The van der Waals surface area contributed by atoms with Crippen molar-refractivity contribution in [1.82, 2.24) is 10.6 Å². The fourth-order valence-electron chi connectivity index (χ4n) is 2.18. The number of hydrogen-bond acceptors (Lipinski definition) is 3. The van der Waals surface area contributed by atoms with E-state index in [1.807, 2.05) is 25.1 Å². The Morgan fingerprint density at radius 3 is 2.55 bits per heavy atom. The van der Waals surface area contributed by atoms with Crippen LogP contribution in [0.3, 0.4) is 0 Å². The van der Waals surface area contributed by atoms with Crippen molar-refractivity contribution < 1.29 is 9.53 Å². The second-order valence-electron chi connectivity index (χ2n) is 6.37. The molecule has 20 heavy (non-hydrogen) atoms. The molecule has 0 spiro atoms. The number of hydrogen-bond donors (Lipinski definition) is 2. The number of ether oxygens (including phenoxy) is 1. The summed E-state index contributed by atoms with van der Waals surface area (Å²) in [6.07, 6.45) is 0. The predicted octanol–water partition coefficient (Wildman–Crippen LogP) is 1.46. The third-order valence-corrected chi connectivity index (χ3v) is 3.83. The van der Waals surface area contributed by atoms with Gasteiger partial charge in [0.25, 0.3) is 0 Å². The average molecular weight is 276 g/mol. The van der Waals surface area contributed by atoms with E-state index in [0.29, 0.717) is 6.54 Å². The Kier molecular flexibility index (Phi) is 4.45. The molecule has 0 aliphatic carbocycles. The number of carbonyl (C=O) groups is 1. The molecule has 1 aliphatic rings. The highest BCUT2D eigenvalue weighted by molar-refractivity contribution is 5.77. The normalized spacial score (nSPS) is 17.4. The summed E-state index contributed by atoms with van der Waals surface area (Å²) in [5.74, 6) is -0.0536. The zero-order valence-corrected chi connectivity index (χ0v) is 12.5. The van der Waals surface area contributed by atoms with Gasteiger partial charge in [0.05, 0.1) is 5.60 Å². The lowest BCUT2D eigenvalue weighted by Gasteiger charge is -2.38. The molecule has 0 atom stereocenters. The lowest BCUT2D eigenvalue weighted by Crippen LogP contribution is -2.59. The first-order valence-electron chi connectivity index (χ1n) is 7.08. The van der Waals surface area contributed by atoms with Gasteiger partial charge in [-0.05, 0) is 12.5 Å². The van der Waals surface area contributed by atoms with Gasteiger partial charge in [-0.3, -0.25) is 4.79 Å². The summed E-state index contributed by atoms with van der Waals surface area (Å²) < 4.78 is 5.62. The maximum absolute atomic E-state index is 11.9. The number of nitrogens with one attached hydrogen (secondary N) is 2. The van der Waals surface area contributed by atoms with E-state index in [-0.39, 0.29) is 23.5 Å². The van der Waals surface area contributed by atoms with Crippen LogP contribution in [-0.4, -0.2) is 37.7 Å². The summed E-state index contributed by atoms with van der Waals surface area (Å²) in [6, 6.07) is 10.2. The minimum atomic E-state index is -0.174. The maximum atomic E-state index is 11.9. The number of amides is 1. The van der Waals surface area contributed by atoms with E-state index in [2.05, 4.69) is 36.6 Å². The standard InChI is InChI=1S/C16H24N2O2/c1-15(2,13-7-5-4-6-8-13)10-18-14(19)9-20-16(3)11-17-12-16/h4-8,17H,9-12H2,1-3H3,(H,18,19). The Labute approximate surface area is 120 Å². The first kappa shape index (κ1) is 15.0. The zero-order valence-electron chi connectivity index (χ0n) is 12.5. The highest BCUT2D eigenvalue weighted by Gasteiger charge is 2.33. The van der Waals surface area contributed by atoms with Crippen LogP contribution in [0.2, 0.25) is 0 Å². The summed E-state index contributed by atoms with van der Waals surface area (Å²) >= 11 is 0. The summed E-state index contributed by atoms with van der Waals surface area (Å²) in [7, 11) is 0. The highest BCUT2D eigenvalue weighted by atomic mass is 16.5. The minimum absolute atomic E-state index is 0.0536. The molecular weight excluding hydrogens is 252 g/mol. The topological polar surface area (TPSA) is 50.4 Å². The lowest BCUT2D eigenvalue weighted by atomic mass is 9.84. The first-order chi connectivity index (χ1) is 9.41. The molecule has 1 fully saturated rings. The molecule has 4 nitrogen and oxygen atoms in total. The lowest BCUT2D eigenvalue weighted by molar-refractivity contribution is -0.136. The van der Waals surface area contributed by atoms with Crippen molar-refractivity contribution >= 4 is 5.91 Å². The van der Waals surface area contributed by atoms with E-state index in [0.717, 1.165) is 13.1 Å². The summed E-state index contributed by atoms with van der Waals surface area (Å²) in [5, 5.41) is 6.10. The molecule has 1 amide bonds. The van der Waals surface area contributed by atoms with E-state index in [1.54, 1.807) is 0 Å². The summed E-state index contributed by atoms with van der Waals surface area (Å²) in [6.45, 7) is 8.63. The monoisotopic (exact) mass is 276 g/mol. The molecule has 0 unspecified atom stereocenters.